The number of imidazole rings is 1. The number of aryl methyl sites for hydroxylation is 1. The lowest BCUT2D eigenvalue weighted by Gasteiger charge is -2.40. The zero-order chi connectivity index (χ0) is 26.8. The number of halogens is 1. The molecule has 2 aliphatic rings. The minimum Gasteiger partial charge on any atom is -0.396 e. The maximum absolute atomic E-state index is 15.5. The van der Waals surface area contributed by atoms with Gasteiger partial charge >= 0.3 is 0 Å². The van der Waals surface area contributed by atoms with Gasteiger partial charge in [-0.3, -0.25) is 4.79 Å². The Morgan fingerprint density at radius 2 is 1.92 bits per heavy atom. The second-order valence-electron chi connectivity index (χ2n) is 11.7. The van der Waals surface area contributed by atoms with Crippen LogP contribution >= 0.6 is 0 Å². The largest absolute Gasteiger partial charge is 0.396 e. The summed E-state index contributed by atoms with van der Waals surface area (Å²) in [5, 5.41) is 11.0. The molecule has 1 unspecified atom stereocenters. The molecule has 1 amide bonds. The lowest BCUT2D eigenvalue weighted by molar-refractivity contribution is 0.0792. The molecule has 0 spiro atoms. The fourth-order valence-electron chi connectivity index (χ4n) is 6.29. The molecular weight excluding hydrogens is 481 g/mol. The van der Waals surface area contributed by atoms with E-state index in [2.05, 4.69) is 54.5 Å². The predicted molar refractivity (Wildman–Crippen MR) is 149 cm³/mol. The number of carbonyl (C=O) groups is 1. The number of hydrogen-bond donors (Lipinski definition) is 1. The molecule has 0 aliphatic carbocycles. The minimum absolute atomic E-state index is 0.121. The van der Waals surface area contributed by atoms with Crippen molar-refractivity contribution in [2.45, 2.75) is 46.1 Å². The van der Waals surface area contributed by atoms with Gasteiger partial charge in [-0.25, -0.2) is 9.37 Å². The van der Waals surface area contributed by atoms with Crippen LogP contribution in [0.3, 0.4) is 0 Å². The molecule has 6 rings (SSSR count). The van der Waals surface area contributed by atoms with Crippen LogP contribution in [0.5, 0.6) is 0 Å². The lowest BCUT2D eigenvalue weighted by Crippen LogP contribution is -2.42. The van der Waals surface area contributed by atoms with Crippen molar-refractivity contribution in [3.63, 3.8) is 0 Å². The fourth-order valence-corrected chi connectivity index (χ4v) is 6.29. The number of benzene rings is 2. The summed E-state index contributed by atoms with van der Waals surface area (Å²) in [6.45, 7) is 9.50. The van der Waals surface area contributed by atoms with Crippen LogP contribution in [0.1, 0.15) is 56.4 Å². The molecule has 2 aromatic heterocycles. The van der Waals surface area contributed by atoms with Crippen LogP contribution in [0.25, 0.3) is 33.5 Å². The molecule has 0 bridgehead atoms. The third kappa shape index (κ3) is 3.88. The summed E-state index contributed by atoms with van der Waals surface area (Å²) in [6.07, 6.45) is 2.91. The highest BCUT2D eigenvalue weighted by atomic mass is 19.1. The first-order chi connectivity index (χ1) is 18.2. The van der Waals surface area contributed by atoms with Crippen LogP contribution in [-0.4, -0.2) is 62.8 Å². The second-order valence-corrected chi connectivity index (χ2v) is 11.7. The third-order valence-electron chi connectivity index (χ3n) is 8.29. The first-order valence-electron chi connectivity index (χ1n) is 13.7. The van der Waals surface area contributed by atoms with Crippen molar-refractivity contribution in [1.82, 2.24) is 19.0 Å². The van der Waals surface area contributed by atoms with E-state index in [0.29, 0.717) is 22.4 Å². The Morgan fingerprint density at radius 1 is 1.16 bits per heavy atom. The Balaban J connectivity index is 1.50. The maximum Gasteiger partial charge on any atom is 0.254 e. The SMILES string of the molecule is CCC1CN(CC(C)(C)CO)c2cccc3cc(-c4nc5cc(C(=O)N6CCCC6)cc(F)c5n4C)n1c23. The first kappa shape index (κ1) is 24.9. The van der Waals surface area contributed by atoms with Gasteiger partial charge in [0.25, 0.3) is 5.91 Å². The molecule has 8 heteroatoms. The Bertz CT molecular complexity index is 1550. The van der Waals surface area contributed by atoms with E-state index in [4.69, 9.17) is 4.98 Å². The summed E-state index contributed by atoms with van der Waals surface area (Å²) in [6, 6.07) is 11.8. The van der Waals surface area contributed by atoms with Crippen molar-refractivity contribution in [2.75, 3.05) is 37.7 Å². The van der Waals surface area contributed by atoms with Gasteiger partial charge in [-0.15, -0.1) is 0 Å². The average molecular weight is 518 g/mol. The molecule has 38 heavy (non-hydrogen) atoms. The Labute approximate surface area is 222 Å². The maximum atomic E-state index is 15.5. The number of para-hydroxylation sites is 1. The van der Waals surface area contributed by atoms with E-state index in [9.17, 15) is 9.90 Å². The number of rotatable bonds is 6. The van der Waals surface area contributed by atoms with Gasteiger partial charge in [0.15, 0.2) is 5.82 Å². The van der Waals surface area contributed by atoms with Crippen LogP contribution in [0.15, 0.2) is 36.4 Å². The molecule has 200 valence electrons. The molecule has 0 saturated carbocycles. The molecule has 0 radical (unpaired) electrons. The predicted octanol–water partition coefficient (Wildman–Crippen LogP) is 5.36. The summed E-state index contributed by atoms with van der Waals surface area (Å²) in [5.41, 5.74) is 4.28. The van der Waals surface area contributed by atoms with Gasteiger partial charge in [-0.05, 0) is 43.5 Å². The van der Waals surface area contributed by atoms with E-state index in [0.717, 1.165) is 67.7 Å². The number of hydrogen-bond acceptors (Lipinski definition) is 4. The summed E-state index contributed by atoms with van der Waals surface area (Å²) in [4.78, 5) is 22.1. The van der Waals surface area contributed by atoms with Crippen molar-refractivity contribution in [2.24, 2.45) is 12.5 Å². The summed E-state index contributed by atoms with van der Waals surface area (Å²) in [7, 11) is 1.85. The Morgan fingerprint density at radius 3 is 2.63 bits per heavy atom. The van der Waals surface area contributed by atoms with E-state index < -0.39 is 5.82 Å². The lowest BCUT2D eigenvalue weighted by atomic mass is 9.93. The first-order valence-corrected chi connectivity index (χ1v) is 13.7. The smallest absolute Gasteiger partial charge is 0.254 e. The van der Waals surface area contributed by atoms with Crippen molar-refractivity contribution in [3.05, 3.63) is 47.8 Å². The molecule has 7 nitrogen and oxygen atoms in total. The number of anilines is 1. The van der Waals surface area contributed by atoms with E-state index in [-0.39, 0.29) is 24.0 Å². The second kappa shape index (κ2) is 9.12. The zero-order valence-corrected chi connectivity index (χ0v) is 22.7. The summed E-state index contributed by atoms with van der Waals surface area (Å²) < 4.78 is 19.6. The van der Waals surface area contributed by atoms with Crippen molar-refractivity contribution >= 4 is 33.5 Å². The molecule has 1 saturated heterocycles. The molecular formula is C30H36FN5O2. The Kier molecular flexibility index (Phi) is 5.98. The number of carbonyl (C=O) groups excluding carboxylic acids is 1. The van der Waals surface area contributed by atoms with Gasteiger partial charge in [0.05, 0.1) is 28.5 Å². The molecule has 2 aromatic carbocycles. The van der Waals surface area contributed by atoms with Crippen LogP contribution in [0.4, 0.5) is 10.1 Å². The number of aromatic nitrogens is 3. The Hall–Kier alpha value is -3.39. The van der Waals surface area contributed by atoms with Crippen LogP contribution < -0.4 is 4.90 Å². The number of aliphatic hydroxyl groups excluding tert-OH is 1. The van der Waals surface area contributed by atoms with Crippen LogP contribution in [0, 0.1) is 11.2 Å². The average Bonchev–Trinajstić information content (AvgIpc) is 3.64. The number of amides is 1. The number of aliphatic hydroxyl groups is 1. The van der Waals surface area contributed by atoms with Gasteiger partial charge < -0.3 is 24.0 Å². The quantitative estimate of drug-likeness (QED) is 0.374. The molecule has 1 fully saturated rings. The van der Waals surface area contributed by atoms with Gasteiger partial charge in [0.2, 0.25) is 0 Å². The molecule has 4 aromatic rings. The summed E-state index contributed by atoms with van der Waals surface area (Å²) in [5.74, 6) is 0.140. The highest BCUT2D eigenvalue weighted by Gasteiger charge is 2.33. The number of fused-ring (bicyclic) bond motifs is 1. The topological polar surface area (TPSA) is 66.5 Å². The van der Waals surface area contributed by atoms with Crippen LogP contribution in [0.2, 0.25) is 0 Å². The zero-order valence-electron chi connectivity index (χ0n) is 22.7. The molecule has 1 N–H and O–H groups in total. The number of likely N-dealkylation sites (tertiary alicyclic amines) is 1. The summed E-state index contributed by atoms with van der Waals surface area (Å²) >= 11 is 0. The molecule has 2 aliphatic heterocycles. The van der Waals surface area contributed by atoms with E-state index in [1.807, 2.05) is 11.6 Å². The van der Waals surface area contributed by atoms with Gasteiger partial charge in [-0.1, -0.05) is 32.9 Å². The van der Waals surface area contributed by atoms with Crippen LogP contribution in [-0.2, 0) is 7.05 Å². The van der Waals surface area contributed by atoms with E-state index in [1.165, 1.54) is 6.07 Å². The van der Waals surface area contributed by atoms with Crippen molar-refractivity contribution in [1.29, 1.82) is 0 Å². The van der Waals surface area contributed by atoms with E-state index in [1.54, 1.807) is 11.0 Å². The normalized spacial score (nSPS) is 17.8. The van der Waals surface area contributed by atoms with Crippen molar-refractivity contribution in [3.8, 4) is 11.5 Å². The highest BCUT2D eigenvalue weighted by Crippen LogP contribution is 2.42. The van der Waals surface area contributed by atoms with Crippen molar-refractivity contribution < 1.29 is 14.3 Å². The molecule has 4 heterocycles. The standard InChI is InChI=1S/C30H36FN5O2/c1-5-21-16-35(17-30(2,3)18-37)24-10-8-9-19-15-25(36(21)26(19)24)28-32-23-14-20(13-22(31)27(23)33(28)4)29(38)34-11-6-7-12-34/h8-10,13-15,21,37H,5-7,11-12,16-18H2,1-4H3. The van der Waals surface area contributed by atoms with Gasteiger partial charge in [0.1, 0.15) is 11.3 Å². The van der Waals surface area contributed by atoms with Gasteiger partial charge in [-0.2, -0.15) is 0 Å². The number of nitrogens with zero attached hydrogens (tertiary/aromatic N) is 5. The minimum atomic E-state index is -0.425. The third-order valence-corrected chi connectivity index (χ3v) is 8.29. The fraction of sp³-hybridized carbons (Fsp3) is 0.467. The van der Waals surface area contributed by atoms with E-state index >= 15 is 4.39 Å². The highest BCUT2D eigenvalue weighted by molar-refractivity contribution is 5.99. The monoisotopic (exact) mass is 517 g/mol. The van der Waals surface area contributed by atoms with Gasteiger partial charge in [0, 0.05) is 56.2 Å². The molecule has 1 atom stereocenters.